The normalized spacial score (nSPS) is 22.7. The molecular formula is C12H14ClN3O2S. The summed E-state index contributed by atoms with van der Waals surface area (Å²) in [6.45, 7) is 0. The lowest BCUT2D eigenvalue weighted by atomic mass is 10.1. The van der Waals surface area contributed by atoms with Crippen LogP contribution in [0.25, 0.3) is 11.0 Å². The predicted molar refractivity (Wildman–Crippen MR) is 76.1 cm³/mol. The van der Waals surface area contributed by atoms with Gasteiger partial charge in [-0.25, -0.2) is 13.4 Å². The Kier molecular flexibility index (Phi) is 2.94. The first-order chi connectivity index (χ1) is 8.96. The molecule has 5 nitrogen and oxygen atoms in total. The fourth-order valence-electron chi connectivity index (χ4n) is 2.67. The second-order valence-corrected chi connectivity index (χ2v) is 7.55. The summed E-state index contributed by atoms with van der Waals surface area (Å²) in [5.74, 6) is 0.728. The van der Waals surface area contributed by atoms with Gasteiger partial charge in [0.25, 0.3) is 0 Å². The van der Waals surface area contributed by atoms with E-state index in [0.29, 0.717) is 17.4 Å². The van der Waals surface area contributed by atoms with Crippen molar-refractivity contribution >= 4 is 38.4 Å². The largest absolute Gasteiger partial charge is 0.369 e. The van der Waals surface area contributed by atoms with Gasteiger partial charge in [-0.2, -0.15) is 0 Å². The van der Waals surface area contributed by atoms with Gasteiger partial charge >= 0.3 is 0 Å². The molecular weight excluding hydrogens is 286 g/mol. The van der Waals surface area contributed by atoms with Gasteiger partial charge in [0.15, 0.2) is 9.84 Å². The van der Waals surface area contributed by atoms with E-state index in [2.05, 4.69) is 4.98 Å². The maximum absolute atomic E-state index is 11.8. The summed E-state index contributed by atoms with van der Waals surface area (Å²) in [4.78, 5) is 4.26. The Balaban J connectivity index is 2.14. The highest BCUT2D eigenvalue weighted by Gasteiger charge is 2.28. The molecule has 1 saturated heterocycles. The summed E-state index contributed by atoms with van der Waals surface area (Å²) in [6, 6.07) is 5.17. The molecule has 0 spiro atoms. The summed E-state index contributed by atoms with van der Waals surface area (Å²) in [5, 5.41) is 0.590. The second-order valence-electron chi connectivity index (χ2n) is 4.88. The van der Waals surface area contributed by atoms with Crippen molar-refractivity contribution in [1.29, 1.82) is 0 Å². The van der Waals surface area contributed by atoms with Crippen LogP contribution in [0.15, 0.2) is 18.2 Å². The predicted octanol–water partition coefficient (Wildman–Crippen LogP) is 2.02. The van der Waals surface area contributed by atoms with Crippen molar-refractivity contribution in [2.45, 2.75) is 18.9 Å². The number of rotatable bonds is 1. The molecule has 7 heteroatoms. The van der Waals surface area contributed by atoms with Crippen molar-refractivity contribution in [2.24, 2.45) is 0 Å². The number of hydrogen-bond donors (Lipinski definition) is 1. The fourth-order valence-corrected chi connectivity index (χ4v) is 4.51. The van der Waals surface area contributed by atoms with E-state index in [1.807, 2.05) is 0 Å². The molecule has 0 amide bonds. The molecule has 0 saturated carbocycles. The van der Waals surface area contributed by atoms with Crippen LogP contribution in [0.4, 0.5) is 5.95 Å². The van der Waals surface area contributed by atoms with Gasteiger partial charge < -0.3 is 10.3 Å². The van der Waals surface area contributed by atoms with Crippen LogP contribution in [-0.4, -0.2) is 29.5 Å². The Morgan fingerprint density at radius 1 is 1.42 bits per heavy atom. The molecule has 2 aromatic rings. The zero-order valence-corrected chi connectivity index (χ0v) is 11.8. The number of halogens is 1. The van der Waals surface area contributed by atoms with Crippen LogP contribution in [0.2, 0.25) is 5.02 Å². The number of benzene rings is 1. The Morgan fingerprint density at radius 3 is 2.95 bits per heavy atom. The lowest BCUT2D eigenvalue weighted by molar-refractivity contribution is 0.483. The molecule has 0 aliphatic carbocycles. The molecule has 19 heavy (non-hydrogen) atoms. The van der Waals surface area contributed by atoms with E-state index in [0.717, 1.165) is 17.5 Å². The number of nitrogens with zero attached hydrogens (tertiary/aromatic N) is 2. The van der Waals surface area contributed by atoms with E-state index >= 15 is 0 Å². The number of aromatic nitrogens is 2. The molecule has 1 aromatic heterocycles. The average Bonchev–Trinajstić information content (AvgIpc) is 2.63. The van der Waals surface area contributed by atoms with Gasteiger partial charge in [-0.3, -0.25) is 0 Å². The van der Waals surface area contributed by atoms with Crippen LogP contribution < -0.4 is 5.73 Å². The molecule has 1 aromatic carbocycles. The van der Waals surface area contributed by atoms with Crippen molar-refractivity contribution in [3.63, 3.8) is 0 Å². The molecule has 1 aliphatic heterocycles. The first-order valence-corrected chi connectivity index (χ1v) is 8.29. The SMILES string of the molecule is Nc1nc2ccc(Cl)cc2n1C1CCCS(=O)(=O)C1. The Labute approximate surface area is 116 Å². The summed E-state index contributed by atoms with van der Waals surface area (Å²) >= 11 is 5.99. The summed E-state index contributed by atoms with van der Waals surface area (Å²) < 4.78 is 25.3. The molecule has 1 atom stereocenters. The molecule has 0 radical (unpaired) electrons. The minimum Gasteiger partial charge on any atom is -0.369 e. The third-order valence-electron chi connectivity index (χ3n) is 3.48. The lowest BCUT2D eigenvalue weighted by Gasteiger charge is -2.24. The number of imidazole rings is 1. The topological polar surface area (TPSA) is 78.0 Å². The molecule has 2 N–H and O–H groups in total. The number of fused-ring (bicyclic) bond motifs is 1. The van der Waals surface area contributed by atoms with Crippen LogP contribution in [-0.2, 0) is 9.84 Å². The van der Waals surface area contributed by atoms with Gasteiger partial charge in [-0.15, -0.1) is 0 Å². The Hall–Kier alpha value is -1.27. The fraction of sp³-hybridized carbons (Fsp3) is 0.417. The second kappa shape index (κ2) is 4.38. The van der Waals surface area contributed by atoms with Gasteiger partial charge in [0.05, 0.1) is 28.6 Å². The van der Waals surface area contributed by atoms with E-state index in [1.54, 1.807) is 22.8 Å². The van der Waals surface area contributed by atoms with Crippen LogP contribution >= 0.6 is 11.6 Å². The quantitative estimate of drug-likeness (QED) is 0.874. The van der Waals surface area contributed by atoms with Crippen LogP contribution in [0.1, 0.15) is 18.9 Å². The van der Waals surface area contributed by atoms with E-state index in [1.165, 1.54) is 0 Å². The number of nitrogens with two attached hydrogens (primary N) is 1. The minimum atomic E-state index is -2.99. The lowest BCUT2D eigenvalue weighted by Crippen LogP contribution is -2.28. The third-order valence-corrected chi connectivity index (χ3v) is 5.52. The van der Waals surface area contributed by atoms with Crippen LogP contribution in [0, 0.1) is 0 Å². The highest BCUT2D eigenvalue weighted by Crippen LogP contribution is 2.31. The van der Waals surface area contributed by atoms with E-state index in [4.69, 9.17) is 17.3 Å². The monoisotopic (exact) mass is 299 g/mol. The highest BCUT2D eigenvalue weighted by atomic mass is 35.5. The van der Waals surface area contributed by atoms with Gasteiger partial charge in [0, 0.05) is 5.02 Å². The molecule has 1 aliphatic rings. The molecule has 0 bridgehead atoms. The van der Waals surface area contributed by atoms with Crippen molar-refractivity contribution in [3.05, 3.63) is 23.2 Å². The van der Waals surface area contributed by atoms with Gasteiger partial charge in [-0.1, -0.05) is 11.6 Å². The number of nitrogen functional groups attached to an aromatic ring is 1. The summed E-state index contributed by atoms with van der Waals surface area (Å²) in [6.07, 6.45) is 1.45. The van der Waals surface area contributed by atoms with Crippen LogP contribution in [0.5, 0.6) is 0 Å². The maximum atomic E-state index is 11.8. The first kappa shape index (κ1) is 12.7. The average molecular weight is 300 g/mol. The van der Waals surface area contributed by atoms with E-state index in [9.17, 15) is 8.42 Å². The number of anilines is 1. The third kappa shape index (κ3) is 2.30. The summed E-state index contributed by atoms with van der Waals surface area (Å²) in [7, 11) is -2.99. The zero-order valence-electron chi connectivity index (χ0n) is 10.2. The standard InChI is InChI=1S/C12H14ClN3O2S/c13-8-3-4-10-11(6-8)16(12(14)15-10)9-2-1-5-19(17,18)7-9/h3-4,6,9H,1-2,5,7H2,(H2,14,15). The van der Waals surface area contributed by atoms with Crippen molar-refractivity contribution in [1.82, 2.24) is 9.55 Å². The molecule has 1 unspecified atom stereocenters. The smallest absolute Gasteiger partial charge is 0.201 e. The maximum Gasteiger partial charge on any atom is 0.201 e. The first-order valence-electron chi connectivity index (χ1n) is 6.10. The molecule has 1 fully saturated rings. The Morgan fingerprint density at radius 2 is 2.21 bits per heavy atom. The van der Waals surface area contributed by atoms with Gasteiger partial charge in [-0.05, 0) is 31.0 Å². The molecule has 3 rings (SSSR count). The van der Waals surface area contributed by atoms with Gasteiger partial charge in [0.1, 0.15) is 0 Å². The summed E-state index contributed by atoms with van der Waals surface area (Å²) in [5.41, 5.74) is 7.48. The van der Waals surface area contributed by atoms with Crippen molar-refractivity contribution in [3.8, 4) is 0 Å². The van der Waals surface area contributed by atoms with Crippen molar-refractivity contribution in [2.75, 3.05) is 17.2 Å². The molecule has 2 heterocycles. The van der Waals surface area contributed by atoms with Gasteiger partial charge in [0.2, 0.25) is 5.95 Å². The highest BCUT2D eigenvalue weighted by molar-refractivity contribution is 7.91. The minimum absolute atomic E-state index is 0.120. The Bertz CT molecular complexity index is 739. The van der Waals surface area contributed by atoms with E-state index in [-0.39, 0.29) is 17.5 Å². The van der Waals surface area contributed by atoms with E-state index < -0.39 is 9.84 Å². The van der Waals surface area contributed by atoms with Crippen LogP contribution in [0.3, 0.4) is 0 Å². The van der Waals surface area contributed by atoms with Crippen molar-refractivity contribution < 1.29 is 8.42 Å². The number of hydrogen-bond acceptors (Lipinski definition) is 4. The number of sulfone groups is 1. The zero-order chi connectivity index (χ0) is 13.6. The molecule has 102 valence electrons.